The first kappa shape index (κ1) is 22.1. The Balaban J connectivity index is 0. The summed E-state index contributed by atoms with van der Waals surface area (Å²) in [5, 5.41) is 0. The fourth-order valence-corrected chi connectivity index (χ4v) is 2.32. The van der Waals surface area contributed by atoms with Crippen molar-refractivity contribution in [3.8, 4) is 5.75 Å². The molecule has 0 N–H and O–H groups in total. The molecule has 0 radical (unpaired) electrons. The van der Waals surface area contributed by atoms with E-state index >= 15 is 0 Å². The largest absolute Gasteiger partial charge is 0.494 e. The molecule has 0 aliphatic heterocycles. The summed E-state index contributed by atoms with van der Waals surface area (Å²) in [5.41, 5.74) is 2.59. The van der Waals surface area contributed by atoms with Gasteiger partial charge in [0.2, 0.25) is 0 Å². The summed E-state index contributed by atoms with van der Waals surface area (Å²) in [7, 11) is 0. The van der Waals surface area contributed by atoms with Crippen LogP contribution in [0.15, 0.2) is 42.0 Å². The first-order valence-electron chi connectivity index (χ1n) is 6.35. The van der Waals surface area contributed by atoms with Gasteiger partial charge in [0.25, 0.3) is 0 Å². The number of hydrogen-bond donors (Lipinski definition) is 0. The van der Waals surface area contributed by atoms with E-state index in [-0.39, 0.29) is 46.5 Å². The van der Waals surface area contributed by atoms with E-state index in [4.69, 9.17) is 4.74 Å². The summed E-state index contributed by atoms with van der Waals surface area (Å²) in [6.45, 7) is 4.96. The van der Waals surface area contributed by atoms with Crippen LogP contribution in [0.5, 0.6) is 5.75 Å². The maximum atomic E-state index is 5.71. The van der Waals surface area contributed by atoms with Gasteiger partial charge in [-0.25, -0.2) is 11.6 Å². The van der Waals surface area contributed by atoms with Crippen LogP contribution >= 0.6 is 24.8 Å². The number of allylic oxidation sites excluding steroid dienone is 4. The molecule has 1 aromatic carbocycles. The van der Waals surface area contributed by atoms with Gasteiger partial charge in [0, 0.05) is 21.7 Å². The molecule has 1 aliphatic carbocycles. The number of benzene rings is 1. The number of halogens is 2. The number of hydrogen-bond acceptors (Lipinski definition) is 1. The summed E-state index contributed by atoms with van der Waals surface area (Å²) in [5.74, 6) is 1.42. The maximum Gasteiger partial charge on any atom is 0.122 e. The van der Waals surface area contributed by atoms with E-state index in [1.807, 2.05) is 13.0 Å². The molecule has 110 valence electrons. The molecule has 1 unspecified atom stereocenters. The van der Waals surface area contributed by atoms with Crippen LogP contribution in [0.1, 0.15) is 38.2 Å². The second-order valence-corrected chi connectivity index (χ2v) is 4.17. The molecule has 0 saturated heterocycles. The van der Waals surface area contributed by atoms with E-state index in [1.165, 1.54) is 11.1 Å². The Morgan fingerprint density at radius 1 is 1.20 bits per heavy atom. The third kappa shape index (κ3) is 5.29. The Labute approximate surface area is 149 Å². The van der Waals surface area contributed by atoms with Gasteiger partial charge in [-0.1, -0.05) is 25.1 Å². The minimum absolute atomic E-state index is 0. The standard InChI is InChI=1S/C16H19O.2ClH.Ti/c1-3-14(13-9-5-6-10-13)15-11-7-8-12-16(15)17-4-2;;;/h5,7-9,11-12,14H,3-4,6H2,1-2H3;2*1H;/q-1;;;. The van der Waals surface area contributed by atoms with E-state index in [9.17, 15) is 0 Å². The molecule has 0 fully saturated rings. The summed E-state index contributed by atoms with van der Waals surface area (Å²) in [6.07, 6.45) is 9.81. The van der Waals surface area contributed by atoms with Crippen molar-refractivity contribution in [3.05, 3.63) is 53.6 Å². The van der Waals surface area contributed by atoms with Crippen molar-refractivity contribution in [3.63, 3.8) is 0 Å². The first-order chi connectivity index (χ1) is 8.36. The molecule has 1 aliphatic rings. The predicted octanol–water partition coefficient (Wildman–Crippen LogP) is 5.11. The predicted molar refractivity (Wildman–Crippen MR) is 85.7 cm³/mol. The average molecular weight is 348 g/mol. The molecule has 4 heteroatoms. The molecule has 0 heterocycles. The van der Waals surface area contributed by atoms with Crippen LogP contribution in [-0.2, 0) is 21.7 Å². The van der Waals surface area contributed by atoms with Gasteiger partial charge in [-0.05, 0) is 30.9 Å². The third-order valence-corrected chi connectivity index (χ3v) is 3.10. The van der Waals surface area contributed by atoms with Gasteiger partial charge in [0.1, 0.15) is 5.75 Å². The molecule has 1 atom stereocenters. The zero-order chi connectivity index (χ0) is 12.1. The van der Waals surface area contributed by atoms with Crippen molar-refractivity contribution in [2.75, 3.05) is 6.61 Å². The topological polar surface area (TPSA) is 9.23 Å². The summed E-state index contributed by atoms with van der Waals surface area (Å²) < 4.78 is 5.71. The van der Waals surface area contributed by atoms with Crippen LogP contribution in [0.25, 0.3) is 0 Å². The van der Waals surface area contributed by atoms with E-state index in [0.29, 0.717) is 12.5 Å². The second-order valence-electron chi connectivity index (χ2n) is 4.17. The molecule has 0 amide bonds. The Bertz CT molecular complexity index is 444. The normalized spacial score (nSPS) is 13.4. The van der Waals surface area contributed by atoms with Crippen LogP contribution in [-0.4, -0.2) is 6.61 Å². The molecule has 1 nitrogen and oxygen atoms in total. The molecule has 0 saturated carbocycles. The van der Waals surface area contributed by atoms with Gasteiger partial charge in [-0.3, -0.25) is 6.08 Å². The van der Waals surface area contributed by atoms with Crippen molar-refractivity contribution >= 4 is 24.8 Å². The van der Waals surface area contributed by atoms with Crippen LogP contribution < -0.4 is 4.74 Å². The van der Waals surface area contributed by atoms with Gasteiger partial charge >= 0.3 is 0 Å². The molecular weight excluding hydrogens is 327 g/mol. The second kappa shape index (κ2) is 11.5. The summed E-state index contributed by atoms with van der Waals surface area (Å²) >= 11 is 0. The van der Waals surface area contributed by atoms with Crippen LogP contribution in [0, 0.1) is 6.08 Å². The Morgan fingerprint density at radius 2 is 1.90 bits per heavy atom. The molecular formula is C16H21Cl2OTi-. The van der Waals surface area contributed by atoms with Crippen molar-refractivity contribution in [1.29, 1.82) is 0 Å². The SMILES string of the molecule is CCOc1ccccc1C(CC)C1=[C-]CC=C1.Cl.Cl.[Ti]. The molecule has 0 spiro atoms. The third-order valence-electron chi connectivity index (χ3n) is 3.10. The van der Waals surface area contributed by atoms with Gasteiger partial charge in [-0.15, -0.1) is 31.2 Å². The Hall–Kier alpha value is -0.206. The molecule has 20 heavy (non-hydrogen) atoms. The minimum Gasteiger partial charge on any atom is -0.494 e. The molecule has 0 aromatic heterocycles. The number of para-hydroxylation sites is 1. The van der Waals surface area contributed by atoms with Crippen LogP contribution in [0.4, 0.5) is 0 Å². The minimum atomic E-state index is 0. The van der Waals surface area contributed by atoms with Crippen molar-refractivity contribution in [2.45, 2.75) is 32.6 Å². The number of ether oxygens (including phenoxy) is 1. The fourth-order valence-electron chi connectivity index (χ4n) is 2.32. The van der Waals surface area contributed by atoms with Crippen molar-refractivity contribution in [1.82, 2.24) is 0 Å². The monoisotopic (exact) mass is 347 g/mol. The van der Waals surface area contributed by atoms with Crippen LogP contribution in [0.2, 0.25) is 0 Å². The van der Waals surface area contributed by atoms with Gasteiger partial charge in [0.05, 0.1) is 6.61 Å². The van der Waals surface area contributed by atoms with E-state index in [2.05, 4.69) is 43.4 Å². The molecule has 1 aromatic rings. The van der Waals surface area contributed by atoms with Gasteiger partial charge < -0.3 is 4.74 Å². The molecule has 0 bridgehead atoms. The smallest absolute Gasteiger partial charge is 0.122 e. The van der Waals surface area contributed by atoms with Crippen molar-refractivity contribution < 1.29 is 26.5 Å². The van der Waals surface area contributed by atoms with Crippen molar-refractivity contribution in [2.24, 2.45) is 0 Å². The Kier molecular flexibility index (Phi) is 12.6. The maximum absolute atomic E-state index is 5.71. The van der Waals surface area contributed by atoms with Gasteiger partial charge in [-0.2, -0.15) is 6.08 Å². The quantitative estimate of drug-likeness (QED) is 0.531. The summed E-state index contributed by atoms with van der Waals surface area (Å²) in [4.78, 5) is 0. The Morgan fingerprint density at radius 3 is 2.45 bits per heavy atom. The average Bonchev–Trinajstić information content (AvgIpc) is 2.86. The van der Waals surface area contributed by atoms with E-state index < -0.39 is 0 Å². The fraction of sp³-hybridized carbons (Fsp3) is 0.375. The molecule has 2 rings (SSSR count). The summed E-state index contributed by atoms with van der Waals surface area (Å²) in [6, 6.07) is 8.34. The van der Waals surface area contributed by atoms with Crippen LogP contribution in [0.3, 0.4) is 0 Å². The first-order valence-corrected chi connectivity index (χ1v) is 6.35. The van der Waals surface area contributed by atoms with E-state index in [0.717, 1.165) is 18.6 Å². The zero-order valence-electron chi connectivity index (χ0n) is 11.9. The number of rotatable bonds is 5. The van der Waals surface area contributed by atoms with Gasteiger partial charge in [0.15, 0.2) is 0 Å². The zero-order valence-corrected chi connectivity index (χ0v) is 15.1. The van der Waals surface area contributed by atoms with E-state index in [1.54, 1.807) is 0 Å².